The first-order valence-corrected chi connectivity index (χ1v) is 11.7. The number of furan rings is 1. The Kier molecular flexibility index (Phi) is 7.25. The fraction of sp³-hybridized carbons (Fsp3) is 0.385. The van der Waals surface area contributed by atoms with Crippen molar-refractivity contribution in [2.45, 2.75) is 52.2 Å². The molecule has 0 unspecified atom stereocenters. The minimum Gasteiger partial charge on any atom is -0.467 e. The summed E-state index contributed by atoms with van der Waals surface area (Å²) in [6, 6.07) is 7.13. The van der Waals surface area contributed by atoms with Gasteiger partial charge in [-0.2, -0.15) is 0 Å². The lowest BCUT2D eigenvalue weighted by Gasteiger charge is -2.36. The molecular weight excluding hydrogens is 432 g/mol. The Morgan fingerprint density at radius 1 is 1.18 bits per heavy atom. The van der Waals surface area contributed by atoms with Gasteiger partial charge in [-0.15, -0.1) is 0 Å². The van der Waals surface area contributed by atoms with E-state index >= 15 is 0 Å². The minimum atomic E-state index is -0.558. The largest absolute Gasteiger partial charge is 0.467 e. The number of nitrogens with zero attached hydrogens (tertiary/aromatic N) is 3. The van der Waals surface area contributed by atoms with E-state index in [1.165, 1.54) is 12.5 Å². The summed E-state index contributed by atoms with van der Waals surface area (Å²) in [5, 5.41) is 2.72. The Morgan fingerprint density at radius 3 is 2.71 bits per heavy atom. The van der Waals surface area contributed by atoms with Crippen molar-refractivity contribution >= 4 is 11.8 Å². The predicted octanol–water partition coefficient (Wildman–Crippen LogP) is 3.79. The average Bonchev–Trinajstić information content (AvgIpc) is 3.37. The summed E-state index contributed by atoms with van der Waals surface area (Å²) < 4.78 is 7.03. The molecule has 3 aromatic heterocycles. The summed E-state index contributed by atoms with van der Waals surface area (Å²) in [7, 11) is 0. The molecule has 0 bridgehead atoms. The predicted molar refractivity (Wildman–Crippen MR) is 127 cm³/mol. The van der Waals surface area contributed by atoms with Crippen LogP contribution in [0.4, 0.5) is 0 Å². The number of nitrogens with one attached hydrogen (secondary N) is 1. The summed E-state index contributed by atoms with van der Waals surface area (Å²) >= 11 is 0. The molecule has 4 heterocycles. The van der Waals surface area contributed by atoms with Crippen LogP contribution in [-0.4, -0.2) is 32.8 Å². The van der Waals surface area contributed by atoms with E-state index in [-0.39, 0.29) is 35.5 Å². The number of pyridine rings is 2. The molecule has 0 aliphatic carbocycles. The van der Waals surface area contributed by atoms with Crippen LogP contribution in [-0.2, 0) is 13.1 Å². The maximum absolute atomic E-state index is 13.7. The summed E-state index contributed by atoms with van der Waals surface area (Å²) in [5.74, 6) is -0.0360. The maximum atomic E-state index is 13.7. The van der Waals surface area contributed by atoms with E-state index in [1.807, 2.05) is 26.0 Å². The molecule has 1 aliphatic rings. The molecule has 4 rings (SSSR count). The first-order valence-electron chi connectivity index (χ1n) is 11.7. The maximum Gasteiger partial charge on any atom is 0.259 e. The standard InChI is InChI=1S/C26H30N4O4/c1-18(2)15-29-16-21(25(32)28-14-20-8-6-12-34-20)24(31)22(17-29)26(33)30-11-4-3-9-23(30)19-7-5-10-27-13-19/h5-8,10,12-13,16-18,23H,3-4,9,11,14-15H2,1-2H3,(H,28,32)/t23-/m1/s1. The summed E-state index contributed by atoms with van der Waals surface area (Å²) in [4.78, 5) is 46.0. The number of carbonyl (C=O) groups excluding carboxylic acids is 2. The third-order valence-electron chi connectivity index (χ3n) is 5.97. The zero-order valence-corrected chi connectivity index (χ0v) is 19.6. The van der Waals surface area contributed by atoms with Crippen LogP contribution in [0.2, 0.25) is 0 Å². The van der Waals surface area contributed by atoms with Gasteiger partial charge in [0.15, 0.2) is 0 Å². The lowest BCUT2D eigenvalue weighted by Crippen LogP contribution is -2.42. The van der Waals surface area contributed by atoms with E-state index in [2.05, 4.69) is 10.3 Å². The highest BCUT2D eigenvalue weighted by Gasteiger charge is 2.31. The van der Waals surface area contributed by atoms with Crippen molar-refractivity contribution in [1.29, 1.82) is 0 Å². The number of likely N-dealkylation sites (tertiary alicyclic amines) is 1. The molecule has 34 heavy (non-hydrogen) atoms. The van der Waals surface area contributed by atoms with Crippen LogP contribution in [0.15, 0.2) is 64.5 Å². The third-order valence-corrected chi connectivity index (χ3v) is 5.97. The summed E-state index contributed by atoms with van der Waals surface area (Å²) in [6.07, 6.45) is 10.8. The van der Waals surface area contributed by atoms with Crippen molar-refractivity contribution < 1.29 is 14.0 Å². The summed E-state index contributed by atoms with van der Waals surface area (Å²) in [6.45, 7) is 5.36. The van der Waals surface area contributed by atoms with Gasteiger partial charge in [0.2, 0.25) is 5.43 Å². The summed E-state index contributed by atoms with van der Waals surface area (Å²) in [5.41, 5.74) is 0.359. The number of hydrogen-bond acceptors (Lipinski definition) is 5. The Bertz CT molecular complexity index is 1190. The molecule has 0 radical (unpaired) electrons. The van der Waals surface area contributed by atoms with Gasteiger partial charge in [0.05, 0.1) is 18.8 Å². The monoisotopic (exact) mass is 462 g/mol. The fourth-order valence-corrected chi connectivity index (χ4v) is 4.40. The van der Waals surface area contributed by atoms with Crippen molar-refractivity contribution in [1.82, 2.24) is 19.8 Å². The minimum absolute atomic E-state index is 0.0158. The second kappa shape index (κ2) is 10.5. The lowest BCUT2D eigenvalue weighted by molar-refractivity contribution is 0.0608. The first-order chi connectivity index (χ1) is 16.4. The van der Waals surface area contributed by atoms with E-state index in [4.69, 9.17) is 4.42 Å². The SMILES string of the molecule is CC(C)Cn1cc(C(=O)NCc2ccco2)c(=O)c(C(=O)N2CCCC[C@@H]2c2cccnc2)c1. The van der Waals surface area contributed by atoms with Crippen LogP contribution in [0.1, 0.15) is 71.2 Å². The van der Waals surface area contributed by atoms with Crippen molar-refractivity contribution in [2.24, 2.45) is 5.92 Å². The molecule has 1 fully saturated rings. The van der Waals surface area contributed by atoms with Crippen LogP contribution in [0, 0.1) is 5.92 Å². The van der Waals surface area contributed by atoms with Crippen molar-refractivity contribution in [3.8, 4) is 0 Å². The molecule has 2 amide bonds. The van der Waals surface area contributed by atoms with Gasteiger partial charge in [0, 0.05) is 37.9 Å². The molecule has 1 atom stereocenters. The molecule has 1 saturated heterocycles. The highest BCUT2D eigenvalue weighted by atomic mass is 16.3. The Balaban J connectivity index is 1.67. The molecular formula is C26H30N4O4. The molecule has 0 spiro atoms. The Labute approximate surface area is 198 Å². The molecule has 1 aliphatic heterocycles. The molecule has 0 aromatic carbocycles. The van der Waals surface area contributed by atoms with Crippen LogP contribution in [0.5, 0.6) is 0 Å². The van der Waals surface area contributed by atoms with Gasteiger partial charge in [0.25, 0.3) is 11.8 Å². The Morgan fingerprint density at radius 2 is 2.00 bits per heavy atom. The molecule has 0 saturated carbocycles. The molecule has 8 heteroatoms. The van der Waals surface area contributed by atoms with Gasteiger partial charge in [-0.05, 0) is 48.9 Å². The highest BCUT2D eigenvalue weighted by molar-refractivity contribution is 5.99. The number of rotatable bonds is 7. The van der Waals surface area contributed by atoms with Crippen LogP contribution in [0.25, 0.3) is 0 Å². The van der Waals surface area contributed by atoms with Gasteiger partial charge in [-0.3, -0.25) is 19.4 Å². The second-order valence-electron chi connectivity index (χ2n) is 9.06. The number of aromatic nitrogens is 2. The number of hydrogen-bond donors (Lipinski definition) is 1. The van der Waals surface area contributed by atoms with Gasteiger partial charge < -0.3 is 19.2 Å². The normalized spacial score (nSPS) is 16.0. The van der Waals surface area contributed by atoms with E-state index in [0.717, 1.165) is 24.8 Å². The second-order valence-corrected chi connectivity index (χ2v) is 9.06. The van der Waals surface area contributed by atoms with Crippen molar-refractivity contribution in [2.75, 3.05) is 6.54 Å². The van der Waals surface area contributed by atoms with E-state index in [9.17, 15) is 14.4 Å². The van der Waals surface area contributed by atoms with Crippen LogP contribution >= 0.6 is 0 Å². The zero-order valence-electron chi connectivity index (χ0n) is 19.6. The van der Waals surface area contributed by atoms with Gasteiger partial charge in [-0.1, -0.05) is 19.9 Å². The van der Waals surface area contributed by atoms with Gasteiger partial charge >= 0.3 is 0 Å². The number of piperidine rings is 1. The first kappa shape index (κ1) is 23.5. The highest BCUT2D eigenvalue weighted by Crippen LogP contribution is 2.31. The fourth-order valence-electron chi connectivity index (χ4n) is 4.40. The van der Waals surface area contributed by atoms with Crippen molar-refractivity contribution in [3.05, 3.63) is 88.0 Å². The Hall–Kier alpha value is -3.68. The topological polar surface area (TPSA) is 97.4 Å². The molecule has 3 aromatic rings. The third kappa shape index (κ3) is 5.27. The number of amides is 2. The molecule has 8 nitrogen and oxygen atoms in total. The quantitative estimate of drug-likeness (QED) is 0.576. The zero-order chi connectivity index (χ0) is 24.1. The lowest BCUT2D eigenvalue weighted by atomic mass is 9.95. The van der Waals surface area contributed by atoms with Crippen LogP contribution in [0.3, 0.4) is 0 Å². The average molecular weight is 463 g/mol. The smallest absolute Gasteiger partial charge is 0.259 e. The van der Waals surface area contributed by atoms with E-state index in [0.29, 0.717) is 18.8 Å². The van der Waals surface area contributed by atoms with Crippen molar-refractivity contribution in [3.63, 3.8) is 0 Å². The van der Waals surface area contributed by atoms with Gasteiger partial charge in [0.1, 0.15) is 16.9 Å². The van der Waals surface area contributed by atoms with E-state index in [1.54, 1.807) is 40.2 Å². The molecule has 1 N–H and O–H groups in total. The van der Waals surface area contributed by atoms with Crippen LogP contribution < -0.4 is 10.7 Å². The molecule has 178 valence electrons. The van der Waals surface area contributed by atoms with Gasteiger partial charge in [-0.25, -0.2) is 0 Å². The van der Waals surface area contributed by atoms with E-state index < -0.39 is 11.3 Å². The number of carbonyl (C=O) groups is 2.